The average molecular weight is 398 g/mol. The zero-order valence-corrected chi connectivity index (χ0v) is 13.1. The van der Waals surface area contributed by atoms with E-state index in [9.17, 15) is 8.78 Å². The van der Waals surface area contributed by atoms with E-state index >= 15 is 0 Å². The van der Waals surface area contributed by atoms with Gasteiger partial charge < -0.3 is 15.4 Å². The first kappa shape index (κ1) is 16.9. The number of aliphatic imine (C=N–C) groups is 1. The van der Waals surface area contributed by atoms with E-state index < -0.39 is 13.0 Å². The fourth-order valence-corrected chi connectivity index (χ4v) is 1.67. The molecule has 8 heteroatoms. The number of hydrogen-bond donors (Lipinski definition) is 2. The van der Waals surface area contributed by atoms with Gasteiger partial charge in [-0.1, -0.05) is 0 Å². The lowest BCUT2D eigenvalue weighted by atomic mass is 10.2. The molecule has 0 saturated heterocycles. The van der Waals surface area contributed by atoms with E-state index in [0.29, 0.717) is 12.3 Å². The molecule has 0 bridgehead atoms. The molecular formula is C12H17F2IN4O. The van der Waals surface area contributed by atoms with Gasteiger partial charge in [-0.2, -0.15) is 0 Å². The van der Waals surface area contributed by atoms with Crippen molar-refractivity contribution in [3.63, 3.8) is 0 Å². The Hall–Kier alpha value is -1.19. The van der Waals surface area contributed by atoms with Gasteiger partial charge in [0.1, 0.15) is 12.4 Å². The quantitative estimate of drug-likeness (QED) is 0.743. The third-order valence-electron chi connectivity index (χ3n) is 2.58. The first-order chi connectivity index (χ1) is 9.25. The molecule has 1 aromatic heterocycles. The number of rotatable bonds is 5. The van der Waals surface area contributed by atoms with E-state index in [0.717, 1.165) is 31.0 Å². The number of aromatic nitrogens is 1. The van der Waals surface area contributed by atoms with Crippen molar-refractivity contribution in [2.45, 2.75) is 19.4 Å². The van der Waals surface area contributed by atoms with Crippen molar-refractivity contribution >= 4 is 29.9 Å². The third kappa shape index (κ3) is 5.43. The van der Waals surface area contributed by atoms with Crippen LogP contribution in [-0.2, 0) is 6.54 Å². The van der Waals surface area contributed by atoms with Gasteiger partial charge in [0.2, 0.25) is 0 Å². The molecule has 0 aliphatic carbocycles. The van der Waals surface area contributed by atoms with Crippen molar-refractivity contribution in [1.82, 2.24) is 15.6 Å². The lowest BCUT2D eigenvalue weighted by molar-refractivity contribution is 0.0812. The largest absolute Gasteiger partial charge is 0.486 e. The van der Waals surface area contributed by atoms with Crippen molar-refractivity contribution in [3.8, 4) is 5.75 Å². The lowest BCUT2D eigenvalue weighted by Gasteiger charge is -2.17. The van der Waals surface area contributed by atoms with E-state index in [1.165, 1.54) is 6.20 Å². The second-order valence-corrected chi connectivity index (χ2v) is 4.05. The van der Waals surface area contributed by atoms with Crippen LogP contribution in [0.5, 0.6) is 5.75 Å². The smallest absolute Gasteiger partial charge is 0.272 e. The topological polar surface area (TPSA) is 58.5 Å². The van der Waals surface area contributed by atoms with E-state index in [4.69, 9.17) is 4.74 Å². The zero-order valence-electron chi connectivity index (χ0n) is 10.8. The van der Waals surface area contributed by atoms with Gasteiger partial charge in [-0.25, -0.2) is 8.78 Å². The number of pyridine rings is 1. The van der Waals surface area contributed by atoms with Gasteiger partial charge in [0.15, 0.2) is 5.96 Å². The summed E-state index contributed by atoms with van der Waals surface area (Å²) in [6.45, 7) is 1.50. The highest BCUT2D eigenvalue weighted by molar-refractivity contribution is 14.0. The molecule has 112 valence electrons. The van der Waals surface area contributed by atoms with Gasteiger partial charge in [0.05, 0.1) is 6.20 Å². The van der Waals surface area contributed by atoms with Gasteiger partial charge in [0.25, 0.3) is 6.43 Å². The fraction of sp³-hybridized carbons (Fsp3) is 0.500. The number of guanidine groups is 1. The molecule has 2 heterocycles. The molecule has 0 aromatic carbocycles. The van der Waals surface area contributed by atoms with Gasteiger partial charge in [-0.3, -0.25) is 9.98 Å². The van der Waals surface area contributed by atoms with Crippen LogP contribution in [0.3, 0.4) is 0 Å². The Morgan fingerprint density at radius 1 is 1.45 bits per heavy atom. The first-order valence-electron chi connectivity index (χ1n) is 6.12. The summed E-state index contributed by atoms with van der Waals surface area (Å²) < 4.78 is 29.3. The Bertz CT molecular complexity index is 445. The maximum atomic E-state index is 12.1. The predicted octanol–water partition coefficient (Wildman–Crippen LogP) is 1.78. The second kappa shape index (κ2) is 8.88. The van der Waals surface area contributed by atoms with Crippen LogP contribution in [0.1, 0.15) is 12.0 Å². The lowest BCUT2D eigenvalue weighted by Crippen LogP contribution is -2.40. The van der Waals surface area contributed by atoms with E-state index in [-0.39, 0.29) is 24.0 Å². The van der Waals surface area contributed by atoms with Crippen LogP contribution >= 0.6 is 24.0 Å². The maximum absolute atomic E-state index is 12.1. The number of nitrogens with zero attached hydrogens (tertiary/aromatic N) is 2. The molecule has 5 nitrogen and oxygen atoms in total. The monoisotopic (exact) mass is 398 g/mol. The molecule has 1 aromatic rings. The molecule has 0 fully saturated rings. The molecule has 20 heavy (non-hydrogen) atoms. The molecule has 1 aliphatic heterocycles. The van der Waals surface area contributed by atoms with Crippen molar-refractivity contribution in [3.05, 3.63) is 24.0 Å². The number of ether oxygens (including phenoxy) is 1. The van der Waals surface area contributed by atoms with Crippen LogP contribution in [0.25, 0.3) is 0 Å². The maximum Gasteiger partial charge on any atom is 0.272 e. The summed E-state index contributed by atoms with van der Waals surface area (Å²) in [6, 6.07) is 1.73. The van der Waals surface area contributed by atoms with E-state index in [2.05, 4.69) is 20.6 Å². The Kier molecular flexibility index (Phi) is 7.48. The molecule has 0 saturated carbocycles. The summed E-state index contributed by atoms with van der Waals surface area (Å²) >= 11 is 0. The second-order valence-electron chi connectivity index (χ2n) is 4.05. The standard InChI is InChI=1S/C12H16F2N4O.HI/c13-11(14)8-19-10-7-15-5-2-9(10)6-18-12-16-3-1-4-17-12;/h2,5,7,11H,1,3-4,6,8H2,(H2,16,17,18);1H. The van der Waals surface area contributed by atoms with Crippen LogP contribution in [0.2, 0.25) is 0 Å². The van der Waals surface area contributed by atoms with Gasteiger partial charge >= 0.3 is 0 Å². The van der Waals surface area contributed by atoms with Gasteiger partial charge in [-0.15, -0.1) is 24.0 Å². The van der Waals surface area contributed by atoms with Crippen molar-refractivity contribution in [1.29, 1.82) is 0 Å². The number of hydrogen-bond acceptors (Lipinski definition) is 5. The normalized spacial score (nSPS) is 14.1. The number of alkyl halides is 2. The summed E-state index contributed by atoms with van der Waals surface area (Å²) in [6.07, 6.45) is 1.56. The van der Waals surface area contributed by atoms with Crippen molar-refractivity contribution in [2.24, 2.45) is 4.99 Å². The molecule has 0 atom stereocenters. The summed E-state index contributed by atoms with van der Waals surface area (Å²) in [5, 5.41) is 6.23. The minimum atomic E-state index is -2.49. The zero-order chi connectivity index (χ0) is 13.5. The summed E-state index contributed by atoms with van der Waals surface area (Å²) in [4.78, 5) is 8.14. The highest BCUT2D eigenvalue weighted by Gasteiger charge is 2.09. The molecule has 1 aliphatic rings. The van der Waals surface area contributed by atoms with E-state index in [1.807, 2.05) is 0 Å². The Morgan fingerprint density at radius 3 is 3.00 bits per heavy atom. The van der Waals surface area contributed by atoms with E-state index in [1.54, 1.807) is 12.3 Å². The number of halogens is 3. The Labute approximate surface area is 133 Å². The summed E-state index contributed by atoms with van der Waals surface area (Å²) in [5.74, 6) is 1.09. The highest BCUT2D eigenvalue weighted by atomic mass is 127. The van der Waals surface area contributed by atoms with Crippen LogP contribution < -0.4 is 15.4 Å². The Balaban J connectivity index is 0.00000200. The van der Waals surface area contributed by atoms with Crippen LogP contribution in [0.15, 0.2) is 23.5 Å². The average Bonchev–Trinajstić information content (AvgIpc) is 2.45. The molecule has 0 spiro atoms. The number of nitrogens with one attached hydrogen (secondary N) is 2. The third-order valence-corrected chi connectivity index (χ3v) is 2.58. The van der Waals surface area contributed by atoms with Crippen LogP contribution in [0.4, 0.5) is 8.78 Å². The van der Waals surface area contributed by atoms with Crippen molar-refractivity contribution < 1.29 is 13.5 Å². The van der Waals surface area contributed by atoms with Gasteiger partial charge in [-0.05, 0) is 12.5 Å². The molecule has 0 amide bonds. The van der Waals surface area contributed by atoms with Gasteiger partial charge in [0, 0.05) is 31.4 Å². The van der Waals surface area contributed by atoms with Crippen LogP contribution in [-0.4, -0.2) is 37.1 Å². The molecular weight excluding hydrogens is 381 g/mol. The molecule has 2 rings (SSSR count). The van der Waals surface area contributed by atoms with Crippen molar-refractivity contribution in [2.75, 3.05) is 19.7 Å². The molecule has 0 unspecified atom stereocenters. The molecule has 0 radical (unpaired) electrons. The highest BCUT2D eigenvalue weighted by Crippen LogP contribution is 2.16. The van der Waals surface area contributed by atoms with Crippen LogP contribution in [0, 0.1) is 0 Å². The molecule has 2 N–H and O–H groups in total. The predicted molar refractivity (Wildman–Crippen MR) is 82.9 cm³/mol. The minimum Gasteiger partial charge on any atom is -0.486 e. The Morgan fingerprint density at radius 2 is 2.30 bits per heavy atom. The summed E-state index contributed by atoms with van der Waals surface area (Å²) in [7, 11) is 0. The SMILES string of the molecule is FC(F)COc1cnccc1CNC1=NCCCN1.I. The first-order valence-corrected chi connectivity index (χ1v) is 6.12. The summed E-state index contributed by atoms with van der Waals surface area (Å²) in [5.41, 5.74) is 0.769. The fourth-order valence-electron chi connectivity index (χ4n) is 1.67. The minimum absolute atomic E-state index is 0.